The molecule has 1 aromatic carbocycles. The molecule has 0 saturated carbocycles. The molecular formula is C35H48N6O3. The van der Waals surface area contributed by atoms with Crippen LogP contribution in [0.2, 0.25) is 0 Å². The number of pyridine rings is 2. The number of benzene rings is 1. The number of ether oxygens (including phenoxy) is 1. The van der Waals surface area contributed by atoms with Crippen molar-refractivity contribution in [3.63, 3.8) is 0 Å². The molecule has 44 heavy (non-hydrogen) atoms. The number of aryl methyl sites for hydroxylation is 1. The molecule has 0 aliphatic carbocycles. The van der Waals surface area contributed by atoms with Crippen molar-refractivity contribution in [2.75, 3.05) is 42.6 Å². The Morgan fingerprint density at radius 1 is 1.14 bits per heavy atom. The SMILES string of the molecule is CCN(c1cc(-c2cccc(N3CCC(N)CC3)n2)cc(C(=O)NCc2c(C(C)C)cc(C)[nH]c2=O)c1C)C1CCOCC1. The molecule has 236 valence electrons. The number of anilines is 2. The molecule has 2 saturated heterocycles. The summed E-state index contributed by atoms with van der Waals surface area (Å²) in [6.07, 6.45) is 3.78. The first-order valence-electron chi connectivity index (χ1n) is 16.1. The number of piperidine rings is 1. The summed E-state index contributed by atoms with van der Waals surface area (Å²) in [6.45, 7) is 14.4. The lowest BCUT2D eigenvalue weighted by Crippen LogP contribution is -2.40. The molecule has 9 heteroatoms. The van der Waals surface area contributed by atoms with Crippen LogP contribution in [-0.4, -0.2) is 60.8 Å². The number of H-pyrrole nitrogens is 1. The zero-order chi connectivity index (χ0) is 31.4. The Hall–Kier alpha value is -3.69. The van der Waals surface area contributed by atoms with Crippen LogP contribution in [0.1, 0.15) is 85.1 Å². The molecule has 2 fully saturated rings. The number of nitrogens with one attached hydrogen (secondary N) is 2. The monoisotopic (exact) mass is 600 g/mol. The van der Waals surface area contributed by atoms with Crippen LogP contribution >= 0.6 is 0 Å². The predicted molar refractivity (Wildman–Crippen MR) is 178 cm³/mol. The van der Waals surface area contributed by atoms with Crippen LogP contribution in [0.15, 0.2) is 41.2 Å². The van der Waals surface area contributed by atoms with Gasteiger partial charge in [0.05, 0.1) is 5.69 Å². The van der Waals surface area contributed by atoms with Crippen molar-refractivity contribution >= 4 is 17.4 Å². The van der Waals surface area contributed by atoms with Crippen molar-refractivity contribution in [1.29, 1.82) is 0 Å². The molecule has 0 bridgehead atoms. The molecule has 4 heterocycles. The lowest BCUT2D eigenvalue weighted by atomic mass is 9.96. The molecule has 0 atom stereocenters. The van der Waals surface area contributed by atoms with Gasteiger partial charge in [0.15, 0.2) is 0 Å². The molecule has 2 aromatic heterocycles. The van der Waals surface area contributed by atoms with Gasteiger partial charge in [0, 0.05) is 79.5 Å². The summed E-state index contributed by atoms with van der Waals surface area (Å²) < 4.78 is 5.67. The number of nitrogens with two attached hydrogens (primary N) is 1. The molecular weight excluding hydrogens is 552 g/mol. The van der Waals surface area contributed by atoms with Gasteiger partial charge >= 0.3 is 0 Å². The second-order valence-corrected chi connectivity index (χ2v) is 12.6. The van der Waals surface area contributed by atoms with Crippen molar-refractivity contribution < 1.29 is 9.53 Å². The molecule has 0 radical (unpaired) electrons. The second kappa shape index (κ2) is 13.9. The summed E-state index contributed by atoms with van der Waals surface area (Å²) in [5, 5.41) is 3.08. The van der Waals surface area contributed by atoms with E-state index in [1.165, 1.54) is 0 Å². The number of carbonyl (C=O) groups is 1. The van der Waals surface area contributed by atoms with Gasteiger partial charge in [-0.3, -0.25) is 9.59 Å². The van der Waals surface area contributed by atoms with Crippen molar-refractivity contribution in [1.82, 2.24) is 15.3 Å². The fraction of sp³-hybridized carbons (Fsp3) is 0.514. The van der Waals surface area contributed by atoms with Gasteiger partial charge < -0.3 is 30.6 Å². The Labute approximate surface area is 261 Å². The Morgan fingerprint density at radius 2 is 1.86 bits per heavy atom. The smallest absolute Gasteiger partial charge is 0.253 e. The molecule has 9 nitrogen and oxygen atoms in total. The summed E-state index contributed by atoms with van der Waals surface area (Å²) in [5.41, 5.74) is 12.6. The maximum atomic E-state index is 14.0. The highest BCUT2D eigenvalue weighted by molar-refractivity contribution is 5.98. The number of rotatable bonds is 9. The van der Waals surface area contributed by atoms with Crippen molar-refractivity contribution in [3.8, 4) is 11.3 Å². The van der Waals surface area contributed by atoms with Crippen molar-refractivity contribution in [2.24, 2.45) is 5.73 Å². The quantitative estimate of drug-likeness (QED) is 0.315. The van der Waals surface area contributed by atoms with E-state index in [9.17, 15) is 9.59 Å². The van der Waals surface area contributed by atoms with Gasteiger partial charge in [-0.2, -0.15) is 0 Å². The molecule has 3 aromatic rings. The lowest BCUT2D eigenvalue weighted by molar-refractivity contribution is 0.0846. The average Bonchev–Trinajstić information content (AvgIpc) is 3.02. The van der Waals surface area contributed by atoms with E-state index in [4.69, 9.17) is 15.5 Å². The molecule has 2 aliphatic rings. The number of carbonyl (C=O) groups excluding carboxylic acids is 1. The van der Waals surface area contributed by atoms with Gasteiger partial charge in [-0.25, -0.2) is 4.98 Å². The largest absolute Gasteiger partial charge is 0.381 e. The van der Waals surface area contributed by atoms with Crippen LogP contribution in [-0.2, 0) is 11.3 Å². The third-order valence-electron chi connectivity index (χ3n) is 9.15. The number of hydrogen-bond donors (Lipinski definition) is 3. The van der Waals surface area contributed by atoms with Gasteiger partial charge in [-0.05, 0) is 93.8 Å². The third kappa shape index (κ3) is 7.00. The molecule has 1 amide bonds. The Balaban J connectivity index is 1.53. The zero-order valence-corrected chi connectivity index (χ0v) is 26.9. The highest BCUT2D eigenvalue weighted by Gasteiger charge is 2.26. The number of amides is 1. The van der Waals surface area contributed by atoms with Gasteiger partial charge in [0.25, 0.3) is 11.5 Å². The minimum atomic E-state index is -0.204. The van der Waals surface area contributed by atoms with Crippen molar-refractivity contribution in [2.45, 2.75) is 84.8 Å². The number of aromatic amines is 1. The van der Waals surface area contributed by atoms with E-state index >= 15 is 0 Å². The zero-order valence-electron chi connectivity index (χ0n) is 26.9. The fourth-order valence-electron chi connectivity index (χ4n) is 6.60. The summed E-state index contributed by atoms with van der Waals surface area (Å²) in [7, 11) is 0. The van der Waals surface area contributed by atoms with E-state index in [1.807, 2.05) is 38.1 Å². The standard InChI is InChI=1S/C35H48N6O3/c1-6-41(27-12-16-44-17-13-27)32-20-25(31-8-7-9-33(39-31)40-14-10-26(36)11-15-40)19-29(24(32)5)34(42)37-21-30-28(22(2)3)18-23(4)38-35(30)43/h7-9,18-20,22,26-27H,6,10-17,21,36H2,1-5H3,(H,37,42)(H,38,43). The Kier molecular flexibility index (Phi) is 10.1. The Morgan fingerprint density at radius 3 is 2.55 bits per heavy atom. The molecule has 4 N–H and O–H groups in total. The lowest BCUT2D eigenvalue weighted by Gasteiger charge is -2.37. The first-order valence-corrected chi connectivity index (χ1v) is 16.1. The Bertz CT molecular complexity index is 1520. The maximum absolute atomic E-state index is 14.0. The van der Waals surface area contributed by atoms with E-state index in [1.54, 1.807) is 0 Å². The first kappa shape index (κ1) is 31.7. The summed E-state index contributed by atoms with van der Waals surface area (Å²) in [4.78, 5) is 39.6. The predicted octanol–water partition coefficient (Wildman–Crippen LogP) is 5.04. The summed E-state index contributed by atoms with van der Waals surface area (Å²) in [5.74, 6) is 0.884. The van der Waals surface area contributed by atoms with Gasteiger partial charge in [-0.15, -0.1) is 0 Å². The van der Waals surface area contributed by atoms with Gasteiger partial charge in [0.2, 0.25) is 0 Å². The van der Waals surface area contributed by atoms with Crippen molar-refractivity contribution in [3.05, 3.63) is 74.7 Å². The summed E-state index contributed by atoms with van der Waals surface area (Å²) in [6, 6.07) is 12.8. The third-order valence-corrected chi connectivity index (χ3v) is 9.15. The van der Waals surface area contributed by atoms with E-state index in [0.29, 0.717) is 17.2 Å². The van der Waals surface area contributed by atoms with E-state index in [2.05, 4.69) is 53.0 Å². The minimum absolute atomic E-state index is 0.156. The van der Waals surface area contributed by atoms with Crippen LogP contribution in [0.3, 0.4) is 0 Å². The topological polar surface area (TPSA) is 117 Å². The van der Waals surface area contributed by atoms with Crippen LogP contribution in [0.25, 0.3) is 11.3 Å². The minimum Gasteiger partial charge on any atom is -0.381 e. The van der Waals surface area contributed by atoms with Crippen LogP contribution < -0.4 is 26.4 Å². The van der Waals surface area contributed by atoms with Gasteiger partial charge in [-0.1, -0.05) is 19.9 Å². The first-order chi connectivity index (χ1) is 21.2. The fourth-order valence-corrected chi connectivity index (χ4v) is 6.60. The molecule has 2 aliphatic heterocycles. The number of nitrogens with zero attached hydrogens (tertiary/aromatic N) is 3. The molecule has 0 unspecified atom stereocenters. The summed E-state index contributed by atoms with van der Waals surface area (Å²) >= 11 is 0. The second-order valence-electron chi connectivity index (χ2n) is 12.6. The van der Waals surface area contributed by atoms with Gasteiger partial charge in [0.1, 0.15) is 5.82 Å². The highest BCUT2D eigenvalue weighted by Crippen LogP contribution is 2.34. The van der Waals surface area contributed by atoms with E-state index in [0.717, 1.165) is 98.1 Å². The molecule has 0 spiro atoms. The van der Waals surface area contributed by atoms with Crippen LogP contribution in [0, 0.1) is 13.8 Å². The molecule has 5 rings (SSSR count). The maximum Gasteiger partial charge on any atom is 0.253 e. The van der Waals surface area contributed by atoms with Crippen LogP contribution in [0.4, 0.5) is 11.5 Å². The van der Waals surface area contributed by atoms with E-state index < -0.39 is 0 Å². The normalized spacial score (nSPS) is 16.4. The average molecular weight is 601 g/mol. The highest BCUT2D eigenvalue weighted by atomic mass is 16.5. The van der Waals surface area contributed by atoms with E-state index in [-0.39, 0.29) is 30.0 Å². The number of hydrogen-bond acceptors (Lipinski definition) is 7. The van der Waals surface area contributed by atoms with Crippen LogP contribution in [0.5, 0.6) is 0 Å². The number of aromatic nitrogens is 2.